The van der Waals surface area contributed by atoms with E-state index in [1.807, 2.05) is 49.5 Å². The molecule has 4 rings (SSSR count). The molecule has 7 heteroatoms. The van der Waals surface area contributed by atoms with Gasteiger partial charge in [0.2, 0.25) is 5.91 Å². The van der Waals surface area contributed by atoms with Crippen LogP contribution in [0.2, 0.25) is 0 Å². The minimum absolute atomic E-state index is 0.0158. The number of hydrogen-bond donors (Lipinski definition) is 1. The Hall–Kier alpha value is -2.80. The van der Waals surface area contributed by atoms with E-state index < -0.39 is 0 Å². The third-order valence-electron chi connectivity index (χ3n) is 5.02. The summed E-state index contributed by atoms with van der Waals surface area (Å²) in [5.41, 5.74) is 0.725. The van der Waals surface area contributed by atoms with Crippen molar-refractivity contribution in [3.05, 3.63) is 42.6 Å². The summed E-state index contributed by atoms with van der Waals surface area (Å²) in [6.45, 7) is 6.40. The van der Waals surface area contributed by atoms with Crippen molar-refractivity contribution in [3.63, 3.8) is 0 Å². The van der Waals surface area contributed by atoms with E-state index in [0.717, 1.165) is 43.4 Å². The highest BCUT2D eigenvalue weighted by Gasteiger charge is 2.26. The summed E-state index contributed by atoms with van der Waals surface area (Å²) in [5.74, 6) is 2.37. The lowest BCUT2D eigenvalue weighted by atomic mass is 10.2. The predicted octanol–water partition coefficient (Wildman–Crippen LogP) is 2.00. The zero-order chi connectivity index (χ0) is 18.6. The van der Waals surface area contributed by atoms with Gasteiger partial charge < -0.3 is 19.7 Å². The van der Waals surface area contributed by atoms with Gasteiger partial charge in [-0.25, -0.2) is 4.98 Å². The van der Waals surface area contributed by atoms with E-state index in [1.165, 1.54) is 0 Å². The Labute approximate surface area is 158 Å². The van der Waals surface area contributed by atoms with Crippen LogP contribution < -0.4 is 19.7 Å². The van der Waals surface area contributed by atoms with Crippen LogP contribution in [0.25, 0.3) is 0 Å². The van der Waals surface area contributed by atoms with Crippen LogP contribution in [0.1, 0.15) is 6.92 Å². The highest BCUT2D eigenvalue weighted by molar-refractivity contribution is 5.94. The van der Waals surface area contributed by atoms with Crippen molar-refractivity contribution in [1.29, 1.82) is 0 Å². The molecule has 1 saturated heterocycles. The maximum Gasteiger partial charge on any atom is 0.241 e. The third-order valence-corrected chi connectivity index (χ3v) is 5.02. The van der Waals surface area contributed by atoms with Crippen molar-refractivity contribution in [1.82, 2.24) is 9.88 Å². The van der Waals surface area contributed by atoms with Crippen LogP contribution in [0.3, 0.4) is 0 Å². The molecule has 3 heterocycles. The van der Waals surface area contributed by atoms with Crippen LogP contribution >= 0.6 is 0 Å². The van der Waals surface area contributed by atoms with E-state index in [0.29, 0.717) is 19.0 Å². The Morgan fingerprint density at radius 3 is 2.59 bits per heavy atom. The molecule has 7 nitrogen and oxygen atoms in total. The summed E-state index contributed by atoms with van der Waals surface area (Å²) in [7, 11) is 0. The standard InChI is InChI=1S/C20H24N4O3/c1-15(23-8-10-24(11-9-23)19-4-2-3-7-21-19)20(25)22-16-5-6-17-18(14-16)27-13-12-26-17/h2-7,14-15H,8-13H2,1H3,(H,22,25). The van der Waals surface area contributed by atoms with E-state index in [9.17, 15) is 4.79 Å². The van der Waals surface area contributed by atoms with Gasteiger partial charge in [-0.2, -0.15) is 0 Å². The Bertz CT molecular complexity index is 791. The number of anilines is 2. The van der Waals surface area contributed by atoms with E-state index in [4.69, 9.17) is 9.47 Å². The Kier molecular flexibility index (Phi) is 5.11. The van der Waals surface area contributed by atoms with E-state index in [-0.39, 0.29) is 11.9 Å². The van der Waals surface area contributed by atoms with Gasteiger partial charge in [-0.05, 0) is 31.2 Å². The lowest BCUT2D eigenvalue weighted by Crippen LogP contribution is -2.53. The summed E-state index contributed by atoms with van der Waals surface area (Å²) in [6, 6.07) is 11.2. The molecule has 27 heavy (non-hydrogen) atoms. The fraction of sp³-hybridized carbons (Fsp3) is 0.400. The average Bonchev–Trinajstić information content (AvgIpc) is 2.74. The molecule has 2 aromatic rings. The monoisotopic (exact) mass is 368 g/mol. The highest BCUT2D eigenvalue weighted by atomic mass is 16.6. The van der Waals surface area contributed by atoms with Crippen molar-refractivity contribution in [2.24, 2.45) is 0 Å². The quantitative estimate of drug-likeness (QED) is 0.890. The van der Waals surface area contributed by atoms with Gasteiger partial charge in [0.15, 0.2) is 11.5 Å². The van der Waals surface area contributed by atoms with Gasteiger partial charge >= 0.3 is 0 Å². The summed E-state index contributed by atoms with van der Waals surface area (Å²) in [5, 5.41) is 2.99. The van der Waals surface area contributed by atoms with Gasteiger partial charge in [-0.3, -0.25) is 9.69 Å². The van der Waals surface area contributed by atoms with Crippen molar-refractivity contribution < 1.29 is 14.3 Å². The molecule has 0 bridgehead atoms. The fourth-order valence-electron chi connectivity index (χ4n) is 3.41. The number of nitrogens with zero attached hydrogens (tertiary/aromatic N) is 3. The number of pyridine rings is 1. The molecule has 0 aliphatic carbocycles. The second-order valence-corrected chi connectivity index (χ2v) is 6.73. The van der Waals surface area contributed by atoms with Gasteiger partial charge in [-0.15, -0.1) is 0 Å². The third kappa shape index (κ3) is 3.98. The molecule has 1 fully saturated rings. The molecular formula is C20H24N4O3. The molecule has 1 N–H and O–H groups in total. The van der Waals surface area contributed by atoms with Gasteiger partial charge in [0.05, 0.1) is 6.04 Å². The summed E-state index contributed by atoms with van der Waals surface area (Å²) in [4.78, 5) is 21.5. The summed E-state index contributed by atoms with van der Waals surface area (Å²) < 4.78 is 11.1. The average molecular weight is 368 g/mol. The van der Waals surface area contributed by atoms with Crippen LogP contribution in [0.15, 0.2) is 42.6 Å². The zero-order valence-corrected chi connectivity index (χ0v) is 15.4. The molecule has 1 amide bonds. The maximum absolute atomic E-state index is 12.7. The van der Waals surface area contributed by atoms with Crippen LogP contribution in [-0.2, 0) is 4.79 Å². The Balaban J connectivity index is 1.33. The number of fused-ring (bicyclic) bond motifs is 1. The molecule has 1 unspecified atom stereocenters. The molecule has 0 radical (unpaired) electrons. The van der Waals surface area contributed by atoms with Crippen LogP contribution in [0, 0.1) is 0 Å². The van der Waals surface area contributed by atoms with E-state index in [2.05, 4.69) is 20.1 Å². The predicted molar refractivity (Wildman–Crippen MR) is 104 cm³/mol. The molecule has 1 aromatic heterocycles. The number of amides is 1. The molecule has 0 spiro atoms. The number of aromatic nitrogens is 1. The Morgan fingerprint density at radius 2 is 1.85 bits per heavy atom. The first-order valence-electron chi connectivity index (χ1n) is 9.31. The van der Waals surface area contributed by atoms with E-state index >= 15 is 0 Å². The van der Waals surface area contributed by atoms with Crippen molar-refractivity contribution in [2.45, 2.75) is 13.0 Å². The lowest BCUT2D eigenvalue weighted by molar-refractivity contribution is -0.120. The topological polar surface area (TPSA) is 66.9 Å². The van der Waals surface area contributed by atoms with Crippen LogP contribution in [0.5, 0.6) is 11.5 Å². The van der Waals surface area contributed by atoms with Crippen molar-refractivity contribution in [2.75, 3.05) is 49.6 Å². The first-order chi connectivity index (χ1) is 13.2. The second kappa shape index (κ2) is 7.84. The molecule has 0 saturated carbocycles. The number of nitrogens with one attached hydrogen (secondary N) is 1. The first-order valence-corrected chi connectivity index (χ1v) is 9.31. The molecule has 1 atom stereocenters. The molecule has 1 aromatic carbocycles. The van der Waals surface area contributed by atoms with Gasteiger partial charge in [0.1, 0.15) is 19.0 Å². The summed E-state index contributed by atoms with van der Waals surface area (Å²) >= 11 is 0. The normalized spacial score (nSPS) is 18.0. The Morgan fingerprint density at radius 1 is 1.07 bits per heavy atom. The number of ether oxygens (including phenoxy) is 2. The molecule has 2 aliphatic rings. The van der Waals surface area contributed by atoms with Gasteiger partial charge in [0.25, 0.3) is 0 Å². The molecule has 2 aliphatic heterocycles. The lowest BCUT2D eigenvalue weighted by Gasteiger charge is -2.37. The fourth-order valence-corrected chi connectivity index (χ4v) is 3.41. The van der Waals surface area contributed by atoms with Crippen molar-refractivity contribution >= 4 is 17.4 Å². The van der Waals surface area contributed by atoms with Crippen molar-refractivity contribution in [3.8, 4) is 11.5 Å². The first kappa shape index (κ1) is 17.6. The summed E-state index contributed by atoms with van der Waals surface area (Å²) in [6.07, 6.45) is 1.81. The highest BCUT2D eigenvalue weighted by Crippen LogP contribution is 2.32. The number of rotatable bonds is 4. The van der Waals surface area contributed by atoms with Gasteiger partial charge in [0, 0.05) is 44.1 Å². The number of hydrogen-bond acceptors (Lipinski definition) is 6. The number of benzene rings is 1. The molecule has 142 valence electrons. The second-order valence-electron chi connectivity index (χ2n) is 6.73. The van der Waals surface area contributed by atoms with Gasteiger partial charge in [-0.1, -0.05) is 6.07 Å². The van der Waals surface area contributed by atoms with E-state index in [1.54, 1.807) is 0 Å². The van der Waals surface area contributed by atoms with Crippen LogP contribution in [-0.4, -0.2) is 61.2 Å². The number of carbonyl (C=O) groups excluding carboxylic acids is 1. The smallest absolute Gasteiger partial charge is 0.241 e. The minimum Gasteiger partial charge on any atom is -0.486 e. The maximum atomic E-state index is 12.7. The largest absolute Gasteiger partial charge is 0.486 e. The number of piperazine rings is 1. The minimum atomic E-state index is -0.205. The number of carbonyl (C=O) groups is 1. The van der Waals surface area contributed by atoms with Crippen LogP contribution in [0.4, 0.5) is 11.5 Å². The zero-order valence-electron chi connectivity index (χ0n) is 15.4. The SMILES string of the molecule is CC(C(=O)Nc1ccc2c(c1)OCCO2)N1CCN(c2ccccn2)CC1. The molecular weight excluding hydrogens is 344 g/mol.